The zero-order valence-corrected chi connectivity index (χ0v) is 15.9. The van der Waals surface area contributed by atoms with Gasteiger partial charge in [0.15, 0.2) is 5.16 Å². The van der Waals surface area contributed by atoms with Crippen LogP contribution < -0.4 is 5.56 Å². The Kier molecular flexibility index (Phi) is 5.24. The van der Waals surface area contributed by atoms with Gasteiger partial charge in [0.25, 0.3) is 5.56 Å². The number of benzene rings is 1. The number of nitrogens with zero attached hydrogens (tertiary/aromatic N) is 3. The van der Waals surface area contributed by atoms with Crippen molar-refractivity contribution >= 4 is 39.2 Å². The summed E-state index contributed by atoms with van der Waals surface area (Å²) in [6, 6.07) is 11.7. The molecule has 0 N–H and O–H groups in total. The van der Waals surface area contributed by atoms with Crippen LogP contribution in [0.4, 0.5) is 0 Å². The van der Waals surface area contributed by atoms with E-state index in [1.165, 1.54) is 27.7 Å². The van der Waals surface area contributed by atoms with Gasteiger partial charge in [-0.25, -0.2) is 4.98 Å². The molecular weight excluding hydrogens is 354 g/mol. The first-order valence-corrected chi connectivity index (χ1v) is 9.63. The van der Waals surface area contributed by atoms with E-state index in [-0.39, 0.29) is 16.7 Å². The molecule has 5 nitrogen and oxygen atoms in total. The normalized spacial score (nSPS) is 12.3. The maximum absolute atomic E-state index is 12.7. The predicted molar refractivity (Wildman–Crippen MR) is 103 cm³/mol. The van der Waals surface area contributed by atoms with Crippen LogP contribution in [-0.4, -0.2) is 32.7 Å². The van der Waals surface area contributed by atoms with Gasteiger partial charge in [-0.1, -0.05) is 42.1 Å². The molecule has 1 atom stereocenters. The molecule has 0 bridgehead atoms. The van der Waals surface area contributed by atoms with Gasteiger partial charge >= 0.3 is 0 Å². The number of fused-ring (bicyclic) bond motifs is 1. The third kappa shape index (κ3) is 3.77. The first kappa shape index (κ1) is 17.7. The Balaban J connectivity index is 1.75. The second-order valence-electron chi connectivity index (χ2n) is 5.83. The molecule has 0 aliphatic heterocycles. The van der Waals surface area contributed by atoms with Crippen molar-refractivity contribution in [2.24, 2.45) is 7.05 Å². The number of amides is 1. The van der Waals surface area contributed by atoms with E-state index in [9.17, 15) is 9.59 Å². The predicted octanol–water partition coefficient (Wildman–Crippen LogP) is 3.13. The summed E-state index contributed by atoms with van der Waals surface area (Å²) in [4.78, 5) is 31.2. The highest BCUT2D eigenvalue weighted by molar-refractivity contribution is 8.00. The van der Waals surface area contributed by atoms with E-state index < -0.39 is 0 Å². The number of hydrogen-bond acceptors (Lipinski definition) is 5. The van der Waals surface area contributed by atoms with Crippen LogP contribution in [0.15, 0.2) is 51.7 Å². The van der Waals surface area contributed by atoms with E-state index in [1.54, 1.807) is 19.0 Å². The first-order valence-electron chi connectivity index (χ1n) is 7.87. The van der Waals surface area contributed by atoms with E-state index >= 15 is 0 Å². The summed E-state index contributed by atoms with van der Waals surface area (Å²) in [6.45, 7) is 2.40. The summed E-state index contributed by atoms with van der Waals surface area (Å²) in [5.41, 5.74) is 1.70. The fraction of sp³-hybridized carbons (Fsp3) is 0.278. The third-order valence-corrected chi connectivity index (χ3v) is 5.94. The lowest BCUT2D eigenvalue weighted by molar-refractivity contribution is -0.129. The second-order valence-corrected chi connectivity index (χ2v) is 8.06. The SMILES string of the molecule is CC(Sc1nc2ccsc2c(=O)n1C)C(=O)N(C)Cc1ccccc1. The third-order valence-electron chi connectivity index (χ3n) is 3.92. The fourth-order valence-electron chi connectivity index (χ4n) is 2.53. The summed E-state index contributed by atoms with van der Waals surface area (Å²) in [5.74, 6) is 0.00789. The van der Waals surface area contributed by atoms with E-state index in [0.717, 1.165) is 5.56 Å². The smallest absolute Gasteiger partial charge is 0.271 e. The van der Waals surface area contributed by atoms with Gasteiger partial charge in [0.05, 0.1) is 10.8 Å². The van der Waals surface area contributed by atoms with Crippen LogP contribution in [0.1, 0.15) is 12.5 Å². The monoisotopic (exact) mass is 373 g/mol. The van der Waals surface area contributed by atoms with Crippen molar-refractivity contribution in [1.82, 2.24) is 14.5 Å². The number of hydrogen-bond donors (Lipinski definition) is 0. The van der Waals surface area contributed by atoms with Gasteiger partial charge in [-0.15, -0.1) is 11.3 Å². The molecule has 0 saturated carbocycles. The van der Waals surface area contributed by atoms with Crippen LogP contribution in [0.2, 0.25) is 0 Å². The van der Waals surface area contributed by atoms with Crippen molar-refractivity contribution < 1.29 is 4.79 Å². The van der Waals surface area contributed by atoms with Crippen LogP contribution in [0.25, 0.3) is 10.2 Å². The Morgan fingerprint density at radius 1 is 1.32 bits per heavy atom. The molecule has 0 saturated heterocycles. The van der Waals surface area contributed by atoms with Gasteiger partial charge in [0, 0.05) is 20.6 Å². The summed E-state index contributed by atoms with van der Waals surface area (Å²) in [6.07, 6.45) is 0. The molecule has 3 rings (SSSR count). The van der Waals surface area contributed by atoms with Gasteiger partial charge in [-0.05, 0) is 23.9 Å². The van der Waals surface area contributed by atoms with Crippen molar-refractivity contribution in [2.45, 2.75) is 23.9 Å². The Bertz CT molecular complexity index is 950. The highest BCUT2D eigenvalue weighted by atomic mass is 32.2. The van der Waals surface area contributed by atoms with Gasteiger partial charge in [0.1, 0.15) is 4.70 Å². The molecule has 130 valence electrons. The Morgan fingerprint density at radius 2 is 2.04 bits per heavy atom. The number of thioether (sulfide) groups is 1. The summed E-state index contributed by atoms with van der Waals surface area (Å²) in [5, 5.41) is 2.09. The molecule has 1 amide bonds. The lowest BCUT2D eigenvalue weighted by Crippen LogP contribution is -2.33. The van der Waals surface area contributed by atoms with Crippen molar-refractivity contribution in [3.8, 4) is 0 Å². The maximum atomic E-state index is 12.7. The minimum absolute atomic E-state index is 0.00789. The second kappa shape index (κ2) is 7.41. The number of carbonyl (C=O) groups is 1. The molecule has 25 heavy (non-hydrogen) atoms. The van der Waals surface area contributed by atoms with Gasteiger partial charge in [0.2, 0.25) is 5.91 Å². The zero-order chi connectivity index (χ0) is 18.0. The van der Waals surface area contributed by atoms with Crippen LogP contribution in [-0.2, 0) is 18.4 Å². The highest BCUT2D eigenvalue weighted by Crippen LogP contribution is 2.24. The van der Waals surface area contributed by atoms with E-state index in [4.69, 9.17) is 0 Å². The van der Waals surface area contributed by atoms with Crippen molar-refractivity contribution in [1.29, 1.82) is 0 Å². The fourth-order valence-corrected chi connectivity index (χ4v) is 4.32. The molecule has 7 heteroatoms. The van der Waals surface area contributed by atoms with Crippen LogP contribution in [0, 0.1) is 0 Å². The molecule has 0 spiro atoms. The number of thiophene rings is 1. The summed E-state index contributed by atoms with van der Waals surface area (Å²) >= 11 is 2.70. The molecule has 2 aromatic heterocycles. The lowest BCUT2D eigenvalue weighted by Gasteiger charge is -2.21. The molecule has 0 fully saturated rings. The summed E-state index contributed by atoms with van der Waals surface area (Å²) in [7, 11) is 3.49. The quantitative estimate of drug-likeness (QED) is 0.509. The molecule has 0 aliphatic rings. The van der Waals surface area contributed by atoms with Gasteiger partial charge in [-0.3, -0.25) is 14.2 Å². The number of rotatable bonds is 5. The minimum Gasteiger partial charge on any atom is -0.340 e. The first-order chi connectivity index (χ1) is 12.0. The average molecular weight is 374 g/mol. The van der Waals surface area contributed by atoms with E-state index in [2.05, 4.69) is 4.98 Å². The standard InChI is InChI=1S/C18H19N3O2S2/c1-12(16(22)20(2)11-13-7-5-4-6-8-13)25-18-19-14-9-10-24-15(14)17(23)21(18)3/h4-10,12H,11H2,1-3H3. The van der Waals surface area contributed by atoms with Crippen LogP contribution in [0.3, 0.4) is 0 Å². The summed E-state index contributed by atoms with van der Waals surface area (Å²) < 4.78 is 2.16. The molecule has 3 aromatic rings. The molecule has 1 aromatic carbocycles. The van der Waals surface area contributed by atoms with Crippen molar-refractivity contribution in [3.05, 3.63) is 57.7 Å². The Hall–Kier alpha value is -2.12. The molecule has 1 unspecified atom stereocenters. The van der Waals surface area contributed by atoms with Gasteiger partial charge in [-0.2, -0.15) is 0 Å². The molecule has 2 heterocycles. The van der Waals surface area contributed by atoms with Crippen molar-refractivity contribution in [3.63, 3.8) is 0 Å². The van der Waals surface area contributed by atoms with Crippen molar-refractivity contribution in [2.75, 3.05) is 7.05 Å². The lowest BCUT2D eigenvalue weighted by atomic mass is 10.2. The number of carbonyl (C=O) groups excluding carboxylic acids is 1. The Labute approximate surface area is 154 Å². The van der Waals surface area contributed by atoms with E-state index in [0.29, 0.717) is 21.9 Å². The van der Waals surface area contributed by atoms with Gasteiger partial charge < -0.3 is 4.90 Å². The van der Waals surface area contributed by atoms with E-state index in [1.807, 2.05) is 48.7 Å². The maximum Gasteiger partial charge on any atom is 0.271 e. The average Bonchev–Trinajstić information content (AvgIpc) is 3.08. The molecular formula is C18H19N3O2S2. The van der Waals surface area contributed by atoms with Crippen LogP contribution >= 0.6 is 23.1 Å². The van der Waals surface area contributed by atoms with Crippen LogP contribution in [0.5, 0.6) is 0 Å². The molecule has 0 radical (unpaired) electrons. The highest BCUT2D eigenvalue weighted by Gasteiger charge is 2.21. The zero-order valence-electron chi connectivity index (χ0n) is 14.3. The molecule has 0 aliphatic carbocycles. The Morgan fingerprint density at radius 3 is 2.76 bits per heavy atom. The number of aromatic nitrogens is 2. The largest absolute Gasteiger partial charge is 0.340 e. The minimum atomic E-state index is -0.331. The topological polar surface area (TPSA) is 55.2 Å².